The van der Waals surface area contributed by atoms with Crippen molar-refractivity contribution in [3.05, 3.63) is 29.3 Å². The minimum Gasteiger partial charge on any atom is -0.369 e. The number of hydrogen-bond acceptors (Lipinski definition) is 4. The molecule has 0 unspecified atom stereocenters. The Kier molecular flexibility index (Phi) is 5.34. The van der Waals surface area contributed by atoms with Gasteiger partial charge in [0, 0.05) is 45.0 Å². The lowest BCUT2D eigenvalue weighted by atomic mass is 10.1. The van der Waals surface area contributed by atoms with Crippen LogP contribution in [-0.4, -0.2) is 63.2 Å². The molecule has 0 spiro atoms. The lowest BCUT2D eigenvalue weighted by Gasteiger charge is -2.31. The number of rotatable bonds is 6. The summed E-state index contributed by atoms with van der Waals surface area (Å²) in [4.78, 5) is 7.46. The fraction of sp³-hybridized carbons (Fsp3) is 0.667. The zero-order valence-electron chi connectivity index (χ0n) is 14.1. The highest BCUT2D eigenvalue weighted by Gasteiger charge is 2.23. The van der Waals surface area contributed by atoms with Crippen LogP contribution in [0.2, 0.25) is 0 Å². The highest BCUT2D eigenvalue weighted by Crippen LogP contribution is 2.32. The molecule has 0 saturated carbocycles. The van der Waals surface area contributed by atoms with Crippen molar-refractivity contribution in [1.29, 1.82) is 0 Å². The zero-order valence-corrected chi connectivity index (χ0v) is 14.1. The van der Waals surface area contributed by atoms with Crippen LogP contribution in [0.3, 0.4) is 0 Å². The monoisotopic (exact) mass is 302 g/mol. The van der Waals surface area contributed by atoms with Crippen molar-refractivity contribution in [2.75, 3.05) is 58.3 Å². The van der Waals surface area contributed by atoms with E-state index < -0.39 is 0 Å². The number of nitrogens with zero attached hydrogens (tertiary/aromatic N) is 3. The minimum atomic E-state index is 1.11. The molecule has 0 amide bonds. The molecule has 122 valence electrons. The molecular formula is C18H30N4. The van der Waals surface area contributed by atoms with Gasteiger partial charge in [0.15, 0.2) is 0 Å². The van der Waals surface area contributed by atoms with Crippen molar-refractivity contribution in [3.63, 3.8) is 0 Å². The van der Waals surface area contributed by atoms with E-state index in [-0.39, 0.29) is 0 Å². The Morgan fingerprint density at radius 1 is 1.09 bits per heavy atom. The number of nitrogens with one attached hydrogen (secondary N) is 1. The molecular weight excluding hydrogens is 272 g/mol. The number of hydrogen-bond donors (Lipinski definition) is 1. The molecule has 1 saturated heterocycles. The first-order valence-electron chi connectivity index (χ1n) is 8.67. The summed E-state index contributed by atoms with van der Waals surface area (Å²) in [5, 5.41) is 3.45. The molecule has 2 aliphatic rings. The van der Waals surface area contributed by atoms with E-state index in [1.54, 1.807) is 11.1 Å². The van der Waals surface area contributed by atoms with Crippen LogP contribution in [0, 0.1) is 0 Å². The van der Waals surface area contributed by atoms with E-state index in [1.807, 2.05) is 0 Å². The molecule has 2 aliphatic heterocycles. The van der Waals surface area contributed by atoms with Crippen LogP contribution in [0.25, 0.3) is 0 Å². The fourth-order valence-electron chi connectivity index (χ4n) is 3.60. The molecule has 0 atom stereocenters. The summed E-state index contributed by atoms with van der Waals surface area (Å²) < 4.78 is 0. The van der Waals surface area contributed by atoms with Gasteiger partial charge in [-0.15, -0.1) is 0 Å². The standard InChI is InChI=1S/C18H30N4/c1-20(2)10-3-4-11-21-14-16-6-5-7-18(17(16)15-21)22-12-8-19-9-13-22/h5-7,19H,3-4,8-15H2,1-2H3. The van der Waals surface area contributed by atoms with Gasteiger partial charge in [0.2, 0.25) is 0 Å². The predicted octanol–water partition coefficient (Wildman–Crippen LogP) is 1.75. The van der Waals surface area contributed by atoms with E-state index in [1.165, 1.54) is 31.6 Å². The van der Waals surface area contributed by atoms with Gasteiger partial charge in [0.25, 0.3) is 0 Å². The summed E-state index contributed by atoms with van der Waals surface area (Å²) in [6.45, 7) is 9.19. The molecule has 1 fully saturated rings. The number of piperazine rings is 1. The average molecular weight is 302 g/mol. The first-order chi connectivity index (χ1) is 10.7. The molecule has 0 bridgehead atoms. The van der Waals surface area contributed by atoms with Crippen molar-refractivity contribution in [1.82, 2.24) is 15.1 Å². The first-order valence-corrected chi connectivity index (χ1v) is 8.67. The fourth-order valence-corrected chi connectivity index (χ4v) is 3.60. The van der Waals surface area contributed by atoms with E-state index in [0.717, 1.165) is 39.3 Å². The highest BCUT2D eigenvalue weighted by molar-refractivity contribution is 5.58. The van der Waals surface area contributed by atoms with Crippen LogP contribution in [0.5, 0.6) is 0 Å². The molecule has 22 heavy (non-hydrogen) atoms. The average Bonchev–Trinajstić information content (AvgIpc) is 2.95. The Labute approximate surface area is 135 Å². The van der Waals surface area contributed by atoms with Crippen LogP contribution in [0.15, 0.2) is 18.2 Å². The molecule has 3 rings (SSSR count). The second-order valence-corrected chi connectivity index (χ2v) is 6.87. The second kappa shape index (κ2) is 7.44. The van der Waals surface area contributed by atoms with E-state index in [4.69, 9.17) is 0 Å². The lowest BCUT2D eigenvalue weighted by Crippen LogP contribution is -2.43. The first kappa shape index (κ1) is 15.8. The molecule has 0 aromatic heterocycles. The van der Waals surface area contributed by atoms with Gasteiger partial charge in [-0.05, 0) is 57.2 Å². The van der Waals surface area contributed by atoms with Crippen molar-refractivity contribution in [2.45, 2.75) is 25.9 Å². The molecule has 1 aromatic carbocycles. The summed E-state index contributed by atoms with van der Waals surface area (Å²) in [6.07, 6.45) is 2.60. The third kappa shape index (κ3) is 3.80. The van der Waals surface area contributed by atoms with Gasteiger partial charge in [0.05, 0.1) is 0 Å². The molecule has 0 aliphatic carbocycles. The SMILES string of the molecule is CN(C)CCCCN1Cc2cccc(N3CCNCC3)c2C1. The van der Waals surface area contributed by atoms with Gasteiger partial charge < -0.3 is 15.1 Å². The number of fused-ring (bicyclic) bond motifs is 1. The lowest BCUT2D eigenvalue weighted by molar-refractivity contribution is 0.270. The highest BCUT2D eigenvalue weighted by atomic mass is 15.2. The second-order valence-electron chi connectivity index (χ2n) is 6.87. The van der Waals surface area contributed by atoms with E-state index in [2.05, 4.69) is 52.3 Å². The number of anilines is 1. The summed E-state index contributed by atoms with van der Waals surface area (Å²) in [6, 6.07) is 6.88. The Bertz CT molecular complexity index is 480. The van der Waals surface area contributed by atoms with Gasteiger partial charge in [-0.25, -0.2) is 0 Å². The molecule has 2 heterocycles. The summed E-state index contributed by atoms with van der Waals surface area (Å²) in [7, 11) is 4.32. The van der Waals surface area contributed by atoms with Crippen LogP contribution in [0.1, 0.15) is 24.0 Å². The Hall–Kier alpha value is -1.10. The van der Waals surface area contributed by atoms with Crippen LogP contribution in [0.4, 0.5) is 5.69 Å². The van der Waals surface area contributed by atoms with E-state index in [0.29, 0.717) is 0 Å². The minimum absolute atomic E-state index is 1.11. The summed E-state index contributed by atoms with van der Waals surface area (Å²) in [5.41, 5.74) is 4.61. The zero-order chi connectivity index (χ0) is 15.4. The Morgan fingerprint density at radius 2 is 1.91 bits per heavy atom. The predicted molar refractivity (Wildman–Crippen MR) is 93.4 cm³/mol. The molecule has 4 heteroatoms. The Balaban J connectivity index is 1.58. The molecule has 4 nitrogen and oxygen atoms in total. The van der Waals surface area contributed by atoms with Crippen LogP contribution in [-0.2, 0) is 13.1 Å². The number of unbranched alkanes of at least 4 members (excludes halogenated alkanes) is 1. The molecule has 1 aromatic rings. The van der Waals surface area contributed by atoms with Crippen molar-refractivity contribution < 1.29 is 0 Å². The third-order valence-electron chi connectivity index (χ3n) is 4.81. The summed E-state index contributed by atoms with van der Waals surface area (Å²) >= 11 is 0. The smallest absolute Gasteiger partial charge is 0.0416 e. The van der Waals surface area contributed by atoms with Crippen LogP contribution < -0.4 is 10.2 Å². The van der Waals surface area contributed by atoms with Gasteiger partial charge in [-0.3, -0.25) is 4.90 Å². The normalized spacial score (nSPS) is 19.0. The molecule has 1 N–H and O–H groups in total. The maximum atomic E-state index is 3.45. The van der Waals surface area contributed by atoms with Gasteiger partial charge in [-0.1, -0.05) is 12.1 Å². The van der Waals surface area contributed by atoms with Gasteiger partial charge in [-0.2, -0.15) is 0 Å². The molecule has 0 radical (unpaired) electrons. The topological polar surface area (TPSA) is 21.8 Å². The summed E-state index contributed by atoms with van der Waals surface area (Å²) in [5.74, 6) is 0. The largest absolute Gasteiger partial charge is 0.369 e. The van der Waals surface area contributed by atoms with Crippen molar-refractivity contribution in [2.24, 2.45) is 0 Å². The maximum Gasteiger partial charge on any atom is 0.0416 e. The van der Waals surface area contributed by atoms with E-state index >= 15 is 0 Å². The van der Waals surface area contributed by atoms with Gasteiger partial charge in [0.1, 0.15) is 0 Å². The van der Waals surface area contributed by atoms with Gasteiger partial charge >= 0.3 is 0 Å². The van der Waals surface area contributed by atoms with Crippen molar-refractivity contribution in [3.8, 4) is 0 Å². The third-order valence-corrected chi connectivity index (χ3v) is 4.81. The maximum absolute atomic E-state index is 3.45. The quantitative estimate of drug-likeness (QED) is 0.808. The Morgan fingerprint density at radius 3 is 2.68 bits per heavy atom. The number of benzene rings is 1. The van der Waals surface area contributed by atoms with E-state index in [9.17, 15) is 0 Å². The van der Waals surface area contributed by atoms with Crippen molar-refractivity contribution >= 4 is 5.69 Å². The van der Waals surface area contributed by atoms with Crippen LogP contribution >= 0.6 is 0 Å².